The lowest BCUT2D eigenvalue weighted by molar-refractivity contribution is -0.203. The Balaban J connectivity index is 1.28. The molecule has 1 saturated carbocycles. The second-order valence-corrected chi connectivity index (χ2v) is 18.7. The van der Waals surface area contributed by atoms with E-state index in [0.717, 1.165) is 80.6 Å². The molecule has 6 heterocycles. The van der Waals surface area contributed by atoms with Gasteiger partial charge in [0.15, 0.2) is 5.60 Å². The molecule has 9 rings (SSSR count). The van der Waals surface area contributed by atoms with Gasteiger partial charge in [-0.15, -0.1) is 0 Å². The smallest absolute Gasteiger partial charge is 0.257 e. The largest absolute Gasteiger partial charge is 0.392 e. The highest BCUT2D eigenvalue weighted by molar-refractivity contribution is 5.90. The molecule has 1 amide bonds. The minimum absolute atomic E-state index is 0.0189. The topological polar surface area (TPSA) is 136 Å². The summed E-state index contributed by atoms with van der Waals surface area (Å²) in [6.07, 6.45) is 6.56. The molecule has 2 aromatic carbocycles. The van der Waals surface area contributed by atoms with E-state index in [4.69, 9.17) is 0 Å². The molecular formula is C45H61N5O5. The Kier molecular flexibility index (Phi) is 8.57. The van der Waals surface area contributed by atoms with Gasteiger partial charge in [-0.05, 0) is 106 Å². The predicted octanol–water partition coefficient (Wildman–Crippen LogP) is 3.89. The van der Waals surface area contributed by atoms with Gasteiger partial charge >= 0.3 is 0 Å². The molecular weight excluding hydrogens is 691 g/mol. The lowest BCUT2D eigenvalue weighted by Crippen LogP contribution is -2.81. The number of aryl methyl sites for hydroxylation is 1. The highest BCUT2D eigenvalue weighted by Gasteiger charge is 2.78. The summed E-state index contributed by atoms with van der Waals surface area (Å²) in [5, 5.41) is 51.9. The van der Waals surface area contributed by atoms with Crippen LogP contribution in [0.3, 0.4) is 0 Å². The second kappa shape index (κ2) is 12.6. The molecule has 3 aromatic rings. The van der Waals surface area contributed by atoms with Crippen LogP contribution >= 0.6 is 0 Å². The Morgan fingerprint density at radius 2 is 1.85 bits per heavy atom. The third-order valence-electron chi connectivity index (χ3n) is 15.6. The van der Waals surface area contributed by atoms with Gasteiger partial charge in [0.05, 0.1) is 17.7 Å². The third-order valence-corrected chi connectivity index (χ3v) is 15.6. The monoisotopic (exact) mass is 751 g/mol. The number of nitrogens with zero attached hydrogens (tertiary/aromatic N) is 3. The number of fused-ring (bicyclic) bond motifs is 6. The van der Waals surface area contributed by atoms with Crippen molar-refractivity contribution in [2.45, 2.75) is 119 Å². The summed E-state index contributed by atoms with van der Waals surface area (Å²) >= 11 is 0. The predicted molar refractivity (Wildman–Crippen MR) is 215 cm³/mol. The third kappa shape index (κ3) is 4.97. The van der Waals surface area contributed by atoms with E-state index in [1.54, 1.807) is 6.92 Å². The van der Waals surface area contributed by atoms with Crippen molar-refractivity contribution < 1.29 is 25.2 Å². The van der Waals surface area contributed by atoms with Gasteiger partial charge in [0.2, 0.25) is 0 Å². The van der Waals surface area contributed by atoms with Crippen molar-refractivity contribution in [3.05, 3.63) is 76.5 Å². The Hall–Kier alpha value is -3.25. The first-order valence-electron chi connectivity index (χ1n) is 20.9. The fourth-order valence-electron chi connectivity index (χ4n) is 13.4. The number of hydrogen-bond donors (Lipinski definition) is 6. The summed E-state index contributed by atoms with van der Waals surface area (Å²) in [6.45, 7) is 14.5. The molecule has 10 heteroatoms. The van der Waals surface area contributed by atoms with Crippen LogP contribution in [0.5, 0.6) is 0 Å². The highest BCUT2D eigenvalue weighted by atomic mass is 16.4. The standard InChI is InChI=1S/C45H61N5O5/c1-7-42(54)23-29-22-41(5,36-31(14-18-49(25-29)26-42)30-12-9-10-13-34(30)47-36)32-21-33-35(20-27(32)3)48(6)38-44(33)16-19-50-17-11-15-43(8-2,37(44)50)39(52)45(38,55)40(53)46-24-28(4)51/h9-13,15,20-21,28-29,37-39,47,51-52,54-55H,7-8,14,16-19,22-26H2,1-6H3,(H,46,53)/t28?,29-,37?,38?,39+,41+,42?,43+,44?,45-/m0/s1. The van der Waals surface area contributed by atoms with Crippen LogP contribution in [0.2, 0.25) is 0 Å². The van der Waals surface area contributed by atoms with Crippen molar-refractivity contribution in [3.8, 4) is 0 Å². The van der Waals surface area contributed by atoms with Crippen molar-refractivity contribution in [1.29, 1.82) is 0 Å². The number of aromatic nitrogens is 1. The Labute approximate surface area is 325 Å². The van der Waals surface area contributed by atoms with E-state index < -0.39 is 51.6 Å². The first-order valence-corrected chi connectivity index (χ1v) is 20.9. The summed E-state index contributed by atoms with van der Waals surface area (Å²) < 4.78 is 0. The number of H-pyrrole nitrogens is 1. The van der Waals surface area contributed by atoms with Crippen LogP contribution in [-0.4, -0.2) is 123 Å². The zero-order valence-electron chi connectivity index (χ0n) is 33.5. The average molecular weight is 752 g/mol. The highest BCUT2D eigenvalue weighted by Crippen LogP contribution is 2.67. The van der Waals surface area contributed by atoms with Crippen LogP contribution in [0.4, 0.5) is 5.69 Å². The van der Waals surface area contributed by atoms with Crippen LogP contribution < -0.4 is 10.2 Å². The molecule has 1 aromatic heterocycles. The van der Waals surface area contributed by atoms with Crippen LogP contribution in [0, 0.1) is 18.3 Å². The van der Waals surface area contributed by atoms with Crippen LogP contribution in [0.15, 0.2) is 48.6 Å². The number of nitrogens with one attached hydrogen (secondary N) is 2. The number of aliphatic hydroxyl groups is 4. The lowest BCUT2D eigenvalue weighted by atomic mass is 9.47. The molecule has 1 spiro atoms. The van der Waals surface area contributed by atoms with Crippen LogP contribution in [-0.2, 0) is 22.0 Å². The van der Waals surface area contributed by atoms with Gasteiger partial charge in [0.25, 0.3) is 5.91 Å². The maximum atomic E-state index is 14.5. The van der Waals surface area contributed by atoms with E-state index in [2.05, 4.69) is 101 Å². The molecule has 6 aliphatic rings. The van der Waals surface area contributed by atoms with Crippen molar-refractivity contribution in [3.63, 3.8) is 0 Å². The number of para-hydroxylation sites is 1. The number of rotatable bonds is 6. The summed E-state index contributed by atoms with van der Waals surface area (Å²) in [6, 6.07) is 12.5. The van der Waals surface area contributed by atoms with Crippen LogP contribution in [0.25, 0.3) is 10.9 Å². The molecule has 55 heavy (non-hydrogen) atoms. The van der Waals surface area contributed by atoms with Gasteiger partial charge in [-0.2, -0.15) is 0 Å². The molecule has 296 valence electrons. The van der Waals surface area contributed by atoms with Gasteiger partial charge in [-0.1, -0.05) is 50.3 Å². The average Bonchev–Trinajstić information content (AvgIpc) is 3.82. The molecule has 11 atom stereocenters. The number of benzene rings is 2. The minimum atomic E-state index is -2.16. The van der Waals surface area contributed by atoms with Gasteiger partial charge in [0, 0.05) is 84.3 Å². The first kappa shape index (κ1) is 37.3. The summed E-state index contributed by atoms with van der Waals surface area (Å²) in [7, 11) is 1.98. The van der Waals surface area contributed by atoms with E-state index in [-0.39, 0.29) is 18.5 Å². The Morgan fingerprint density at radius 1 is 1.07 bits per heavy atom. The number of carbonyl (C=O) groups excluding carboxylic acids is 1. The molecule has 6 N–H and O–H groups in total. The quantitative estimate of drug-likeness (QED) is 0.209. The Bertz CT molecular complexity index is 2060. The number of anilines is 1. The summed E-state index contributed by atoms with van der Waals surface area (Å²) in [4.78, 5) is 25.5. The summed E-state index contributed by atoms with van der Waals surface area (Å²) in [5.41, 5.74) is 3.37. The number of aliphatic hydroxyl groups excluding tert-OH is 2. The Morgan fingerprint density at radius 3 is 2.60 bits per heavy atom. The molecule has 6 unspecified atom stereocenters. The molecule has 10 nitrogen and oxygen atoms in total. The maximum Gasteiger partial charge on any atom is 0.257 e. The number of likely N-dealkylation sites (N-methyl/N-ethyl adjacent to an activating group) is 1. The normalized spacial score (nSPS) is 39.7. The molecule has 0 radical (unpaired) electrons. The van der Waals surface area contributed by atoms with E-state index in [1.165, 1.54) is 22.2 Å². The molecule has 5 aliphatic heterocycles. The number of piperidine rings is 1. The number of aromatic amines is 1. The SMILES string of the molecule is CCC1(O)C[C@H]2CN(CCc3c([nH]c4ccccc34)[C@@](C)(c3cc4c(cc3C)N(C)C3C45CCN4CC=C[C@](CC)(C45)[C@@H](O)[C@]3(O)C(=O)NCC(C)O)C2)C1. The van der Waals surface area contributed by atoms with E-state index >= 15 is 0 Å². The lowest BCUT2D eigenvalue weighted by Gasteiger charge is -2.63. The fraction of sp³-hybridized carbons (Fsp3) is 0.622. The molecule has 2 bridgehead atoms. The molecule has 1 aliphatic carbocycles. The molecule has 2 saturated heterocycles. The second-order valence-electron chi connectivity index (χ2n) is 18.7. The fourth-order valence-corrected chi connectivity index (χ4v) is 13.4. The van der Waals surface area contributed by atoms with E-state index in [0.29, 0.717) is 13.0 Å². The van der Waals surface area contributed by atoms with Crippen molar-refractivity contribution in [2.75, 3.05) is 51.2 Å². The van der Waals surface area contributed by atoms with Crippen molar-refractivity contribution in [1.82, 2.24) is 20.1 Å². The first-order chi connectivity index (χ1) is 26.2. The van der Waals surface area contributed by atoms with E-state index in [9.17, 15) is 25.2 Å². The van der Waals surface area contributed by atoms with Gasteiger partial charge < -0.3 is 35.6 Å². The number of hydrogen-bond acceptors (Lipinski definition) is 8. The minimum Gasteiger partial charge on any atom is -0.392 e. The zero-order valence-corrected chi connectivity index (χ0v) is 33.5. The van der Waals surface area contributed by atoms with Gasteiger partial charge in [-0.25, -0.2) is 0 Å². The summed E-state index contributed by atoms with van der Waals surface area (Å²) in [5.74, 6) is -0.366. The maximum absolute atomic E-state index is 14.5. The van der Waals surface area contributed by atoms with Crippen molar-refractivity contribution >= 4 is 22.5 Å². The zero-order chi connectivity index (χ0) is 38.9. The van der Waals surface area contributed by atoms with Gasteiger partial charge in [-0.3, -0.25) is 14.6 Å². The number of carbonyl (C=O) groups is 1. The number of amides is 1. The van der Waals surface area contributed by atoms with E-state index in [1.807, 2.05) is 7.05 Å². The van der Waals surface area contributed by atoms with Gasteiger partial charge in [0.1, 0.15) is 6.10 Å². The molecule has 3 fully saturated rings. The van der Waals surface area contributed by atoms with Crippen molar-refractivity contribution in [2.24, 2.45) is 11.3 Å². The van der Waals surface area contributed by atoms with Crippen LogP contribution in [0.1, 0.15) is 87.7 Å².